The second kappa shape index (κ2) is 7.77. The van der Waals surface area contributed by atoms with Crippen molar-refractivity contribution in [1.29, 1.82) is 0 Å². The van der Waals surface area contributed by atoms with E-state index >= 15 is 0 Å². The summed E-state index contributed by atoms with van der Waals surface area (Å²) in [6.45, 7) is 0.600. The average molecular weight is 367 g/mol. The monoisotopic (exact) mass is 367 g/mol. The van der Waals surface area contributed by atoms with Crippen LogP contribution in [0, 0.1) is 0 Å². The molecule has 1 aliphatic rings. The van der Waals surface area contributed by atoms with Crippen molar-refractivity contribution in [3.8, 4) is 0 Å². The van der Waals surface area contributed by atoms with Crippen LogP contribution in [0.5, 0.6) is 0 Å². The Labute approximate surface area is 148 Å². The van der Waals surface area contributed by atoms with Crippen LogP contribution >= 0.6 is 0 Å². The lowest BCUT2D eigenvalue weighted by atomic mass is 10.1. The molecule has 3 rings (SSSR count). The zero-order valence-electron chi connectivity index (χ0n) is 14.0. The van der Waals surface area contributed by atoms with E-state index in [9.17, 15) is 18.0 Å². The summed E-state index contributed by atoms with van der Waals surface area (Å²) in [6.07, 6.45) is -0.561. The number of amides is 1. The molecule has 6 nitrogen and oxygen atoms in total. The lowest BCUT2D eigenvalue weighted by Crippen LogP contribution is -2.32. The highest BCUT2D eigenvalue weighted by Gasteiger charge is 2.27. The molecule has 26 heavy (non-hydrogen) atoms. The van der Waals surface area contributed by atoms with E-state index in [2.05, 4.69) is 21.0 Å². The van der Waals surface area contributed by atoms with Crippen molar-refractivity contribution in [3.63, 3.8) is 0 Å². The third kappa shape index (κ3) is 4.75. The molecule has 1 fully saturated rings. The Hall–Kier alpha value is -2.55. The number of anilines is 2. The van der Waals surface area contributed by atoms with Crippen LogP contribution in [0.4, 0.5) is 24.5 Å². The third-order valence-corrected chi connectivity index (χ3v) is 4.14. The van der Waals surface area contributed by atoms with Crippen molar-refractivity contribution in [2.45, 2.75) is 25.1 Å². The van der Waals surface area contributed by atoms with E-state index in [1.165, 1.54) is 6.07 Å². The van der Waals surface area contributed by atoms with Gasteiger partial charge < -0.3 is 16.0 Å². The Morgan fingerprint density at radius 2 is 2.04 bits per heavy atom. The quantitative estimate of drug-likeness (QED) is 0.760. The van der Waals surface area contributed by atoms with Crippen LogP contribution in [-0.2, 0) is 0 Å². The molecule has 0 bridgehead atoms. The standard InChI is InChI=1S/C17H20F3N5O/c18-17(19,20)11-22-13-5-1-2-6-14(13)23-16(26)15-7-9-25(24-15)12-4-3-8-21-10-12/h1-2,5-7,9,12,21-22H,3-4,8,10-11H2,(H,23,26). The van der Waals surface area contributed by atoms with Crippen LogP contribution in [0.2, 0.25) is 0 Å². The summed E-state index contributed by atoms with van der Waals surface area (Å²) in [5.41, 5.74) is 0.700. The number of para-hydroxylation sites is 2. The fourth-order valence-corrected chi connectivity index (χ4v) is 2.85. The van der Waals surface area contributed by atoms with Gasteiger partial charge in [-0.1, -0.05) is 12.1 Å². The van der Waals surface area contributed by atoms with E-state index in [-0.39, 0.29) is 23.1 Å². The average Bonchev–Trinajstić information content (AvgIpc) is 3.11. The number of halogens is 3. The van der Waals surface area contributed by atoms with Crippen molar-refractivity contribution in [3.05, 3.63) is 42.2 Å². The molecule has 1 aliphatic heterocycles. The van der Waals surface area contributed by atoms with Gasteiger partial charge in [0, 0.05) is 12.7 Å². The van der Waals surface area contributed by atoms with E-state index in [0.29, 0.717) is 0 Å². The molecular weight excluding hydrogens is 347 g/mol. The first-order valence-corrected chi connectivity index (χ1v) is 8.39. The van der Waals surface area contributed by atoms with Crippen molar-refractivity contribution in [1.82, 2.24) is 15.1 Å². The second-order valence-electron chi connectivity index (χ2n) is 6.15. The molecule has 0 saturated carbocycles. The van der Waals surface area contributed by atoms with Crippen LogP contribution in [0.3, 0.4) is 0 Å². The number of carbonyl (C=O) groups excluding carboxylic acids is 1. The van der Waals surface area contributed by atoms with E-state index in [4.69, 9.17) is 0 Å². The van der Waals surface area contributed by atoms with Gasteiger partial charge in [0.25, 0.3) is 5.91 Å². The van der Waals surface area contributed by atoms with Gasteiger partial charge in [-0.15, -0.1) is 0 Å². The molecule has 1 saturated heterocycles. The normalized spacial score (nSPS) is 17.7. The summed E-state index contributed by atoms with van der Waals surface area (Å²) in [7, 11) is 0. The highest BCUT2D eigenvalue weighted by atomic mass is 19.4. The number of alkyl halides is 3. The molecule has 1 aromatic heterocycles. The van der Waals surface area contributed by atoms with E-state index < -0.39 is 18.6 Å². The summed E-state index contributed by atoms with van der Waals surface area (Å²) in [5.74, 6) is -0.464. The van der Waals surface area contributed by atoms with Crippen LogP contribution in [-0.4, -0.2) is 41.5 Å². The number of aromatic nitrogens is 2. The lowest BCUT2D eigenvalue weighted by molar-refractivity contribution is -0.115. The number of piperidine rings is 1. The highest BCUT2D eigenvalue weighted by Crippen LogP contribution is 2.24. The molecule has 1 unspecified atom stereocenters. The van der Waals surface area contributed by atoms with Crippen molar-refractivity contribution in [2.75, 3.05) is 30.3 Å². The molecular formula is C17H20F3N5O. The van der Waals surface area contributed by atoms with Crippen LogP contribution < -0.4 is 16.0 Å². The molecule has 0 radical (unpaired) electrons. The molecule has 1 atom stereocenters. The summed E-state index contributed by atoms with van der Waals surface area (Å²) < 4.78 is 39.0. The van der Waals surface area contributed by atoms with E-state index in [1.807, 2.05) is 0 Å². The summed E-state index contributed by atoms with van der Waals surface area (Å²) in [5, 5.41) is 12.5. The number of nitrogens with zero attached hydrogens (tertiary/aromatic N) is 2. The van der Waals surface area contributed by atoms with Crippen LogP contribution in [0.25, 0.3) is 0 Å². The van der Waals surface area contributed by atoms with Crippen molar-refractivity contribution in [2.24, 2.45) is 0 Å². The number of nitrogens with one attached hydrogen (secondary N) is 3. The first kappa shape index (κ1) is 18.2. The Balaban J connectivity index is 1.67. The summed E-state index contributed by atoms with van der Waals surface area (Å²) in [4.78, 5) is 12.4. The Morgan fingerprint density at radius 1 is 1.27 bits per heavy atom. The van der Waals surface area contributed by atoms with Gasteiger partial charge in [0.05, 0.1) is 17.4 Å². The molecule has 0 aliphatic carbocycles. The molecule has 2 heterocycles. The minimum atomic E-state index is -4.34. The fourth-order valence-electron chi connectivity index (χ4n) is 2.85. The number of rotatable bonds is 5. The van der Waals surface area contributed by atoms with Gasteiger partial charge in [-0.05, 0) is 37.6 Å². The third-order valence-electron chi connectivity index (χ3n) is 4.14. The molecule has 140 valence electrons. The molecule has 9 heteroatoms. The van der Waals surface area contributed by atoms with E-state index in [1.54, 1.807) is 35.1 Å². The second-order valence-corrected chi connectivity index (χ2v) is 6.15. The maximum Gasteiger partial charge on any atom is 0.405 e. The van der Waals surface area contributed by atoms with Crippen molar-refractivity contribution < 1.29 is 18.0 Å². The molecule has 2 aromatic rings. The van der Waals surface area contributed by atoms with Gasteiger partial charge in [-0.25, -0.2) is 0 Å². The largest absolute Gasteiger partial charge is 0.405 e. The van der Waals surface area contributed by atoms with Gasteiger partial charge >= 0.3 is 6.18 Å². The Bertz CT molecular complexity index is 753. The van der Waals surface area contributed by atoms with Crippen molar-refractivity contribution >= 4 is 17.3 Å². The predicted octanol–water partition coefficient (Wildman–Crippen LogP) is 3.03. The Kier molecular flexibility index (Phi) is 5.46. The SMILES string of the molecule is O=C(Nc1ccccc1NCC(F)(F)F)c1ccn(C2CCCNC2)n1. The van der Waals surface area contributed by atoms with Gasteiger partial charge in [0.1, 0.15) is 6.54 Å². The maximum atomic E-state index is 12.4. The summed E-state index contributed by atoms with van der Waals surface area (Å²) >= 11 is 0. The van der Waals surface area contributed by atoms with Gasteiger partial charge in [-0.3, -0.25) is 9.48 Å². The number of carbonyl (C=O) groups is 1. The fraction of sp³-hybridized carbons (Fsp3) is 0.412. The maximum absolute atomic E-state index is 12.4. The van der Waals surface area contributed by atoms with Gasteiger partial charge in [-0.2, -0.15) is 18.3 Å². The number of hydrogen-bond donors (Lipinski definition) is 3. The lowest BCUT2D eigenvalue weighted by Gasteiger charge is -2.22. The molecule has 1 aromatic carbocycles. The first-order chi connectivity index (χ1) is 12.4. The minimum absolute atomic E-state index is 0.200. The zero-order valence-corrected chi connectivity index (χ0v) is 14.0. The van der Waals surface area contributed by atoms with E-state index in [0.717, 1.165) is 25.9 Å². The number of hydrogen-bond acceptors (Lipinski definition) is 4. The zero-order chi connectivity index (χ0) is 18.6. The number of benzene rings is 1. The topological polar surface area (TPSA) is 71.0 Å². The minimum Gasteiger partial charge on any atom is -0.375 e. The Morgan fingerprint density at radius 3 is 2.73 bits per heavy atom. The smallest absolute Gasteiger partial charge is 0.375 e. The summed E-state index contributed by atoms with van der Waals surface area (Å²) in [6, 6.07) is 8.06. The first-order valence-electron chi connectivity index (χ1n) is 8.39. The van der Waals surface area contributed by atoms with Crippen LogP contribution in [0.1, 0.15) is 29.4 Å². The van der Waals surface area contributed by atoms with Crippen LogP contribution in [0.15, 0.2) is 36.5 Å². The predicted molar refractivity (Wildman–Crippen MR) is 92.3 cm³/mol. The molecule has 0 spiro atoms. The van der Waals surface area contributed by atoms with Gasteiger partial charge in [0.2, 0.25) is 0 Å². The van der Waals surface area contributed by atoms with Gasteiger partial charge in [0.15, 0.2) is 5.69 Å². The molecule has 3 N–H and O–H groups in total. The highest BCUT2D eigenvalue weighted by molar-refractivity contribution is 6.04. The molecule has 1 amide bonds.